The maximum atomic E-state index is 6.19. The summed E-state index contributed by atoms with van der Waals surface area (Å²) in [5, 5.41) is 13.6. The van der Waals surface area contributed by atoms with E-state index in [-0.39, 0.29) is 0 Å². The number of H-pyrrole nitrogens is 1. The van der Waals surface area contributed by atoms with Gasteiger partial charge < -0.3 is 5.73 Å². The molecule has 7 heteroatoms. The monoisotopic (exact) mass is 329 g/mol. The fraction of sp³-hybridized carbons (Fsp3) is 0.111. The first-order chi connectivity index (χ1) is 12.3. The van der Waals surface area contributed by atoms with Crippen LogP contribution >= 0.6 is 0 Å². The Hall–Kier alpha value is -3.48. The smallest absolute Gasteiger partial charge is 0.135 e. The molecule has 0 amide bonds. The van der Waals surface area contributed by atoms with Crippen molar-refractivity contribution >= 4 is 33.8 Å². The fourth-order valence-corrected chi connectivity index (χ4v) is 3.17. The summed E-state index contributed by atoms with van der Waals surface area (Å²) >= 11 is 0. The minimum Gasteiger partial charge on any atom is -0.383 e. The molecule has 1 aliphatic rings. The molecule has 1 aliphatic heterocycles. The summed E-state index contributed by atoms with van der Waals surface area (Å²) in [6.45, 7) is 1.43. The highest BCUT2D eigenvalue weighted by Gasteiger charge is 2.13. The number of hydrogen-bond donors (Lipinski definition) is 2. The zero-order chi connectivity index (χ0) is 16.8. The molecule has 0 saturated heterocycles. The largest absolute Gasteiger partial charge is 0.383 e. The van der Waals surface area contributed by atoms with E-state index in [4.69, 9.17) is 10.8 Å². The molecule has 0 unspecified atom stereocenters. The number of nitrogens with zero attached hydrogens (tertiary/aromatic N) is 5. The van der Waals surface area contributed by atoms with Crippen LogP contribution in [0.5, 0.6) is 0 Å². The van der Waals surface area contributed by atoms with Crippen molar-refractivity contribution in [3.8, 4) is 11.3 Å². The van der Waals surface area contributed by atoms with Crippen molar-refractivity contribution in [1.29, 1.82) is 0 Å². The molecule has 0 fully saturated rings. The van der Waals surface area contributed by atoms with Crippen LogP contribution in [0.4, 0.5) is 5.82 Å². The van der Waals surface area contributed by atoms with E-state index in [0.29, 0.717) is 12.4 Å². The maximum Gasteiger partial charge on any atom is 0.135 e. The van der Waals surface area contributed by atoms with E-state index in [1.165, 1.54) is 0 Å². The van der Waals surface area contributed by atoms with Crippen molar-refractivity contribution in [1.82, 2.24) is 25.0 Å². The standard InChI is InChI=1S/C18H15N7/c19-18-14-10-25(9-11-3-5-20-8-11)24-17(14)13-2-1-12(7-16(13)22-18)15-4-6-21-23-15/h1-4,6-8,10H,5,9H2,(H2,19,22)(H,21,23). The molecule has 0 atom stereocenters. The Labute approximate surface area is 142 Å². The second kappa shape index (κ2) is 5.27. The minimum atomic E-state index is 0.488. The first kappa shape index (κ1) is 13.9. The third-order valence-electron chi connectivity index (χ3n) is 4.39. The predicted octanol–water partition coefficient (Wildman–Crippen LogP) is 2.57. The van der Waals surface area contributed by atoms with Gasteiger partial charge in [-0.3, -0.25) is 14.8 Å². The van der Waals surface area contributed by atoms with Gasteiger partial charge >= 0.3 is 0 Å². The summed E-state index contributed by atoms with van der Waals surface area (Å²) in [7, 11) is 0. The lowest BCUT2D eigenvalue weighted by molar-refractivity contribution is 0.702. The van der Waals surface area contributed by atoms with Gasteiger partial charge in [-0.1, -0.05) is 12.1 Å². The zero-order valence-corrected chi connectivity index (χ0v) is 13.3. The van der Waals surface area contributed by atoms with E-state index in [1.54, 1.807) is 6.20 Å². The van der Waals surface area contributed by atoms with Crippen molar-refractivity contribution in [3.63, 3.8) is 0 Å². The normalized spacial score (nSPS) is 13.8. The summed E-state index contributed by atoms with van der Waals surface area (Å²) in [6, 6.07) is 7.98. The quantitative estimate of drug-likeness (QED) is 0.603. The SMILES string of the molecule is Nc1nc2cc(-c3cc[nH]n3)ccc2c2nn(CC3=CCN=C3)cc12. The first-order valence-electron chi connectivity index (χ1n) is 8.03. The number of nitrogens with one attached hydrogen (secondary N) is 1. The highest BCUT2D eigenvalue weighted by atomic mass is 15.3. The van der Waals surface area contributed by atoms with E-state index < -0.39 is 0 Å². The Kier molecular flexibility index (Phi) is 2.93. The predicted molar refractivity (Wildman–Crippen MR) is 98.5 cm³/mol. The van der Waals surface area contributed by atoms with E-state index >= 15 is 0 Å². The average Bonchev–Trinajstić information content (AvgIpc) is 3.36. The van der Waals surface area contributed by atoms with Gasteiger partial charge in [0.25, 0.3) is 0 Å². The topological polar surface area (TPSA) is 97.8 Å². The second-order valence-electron chi connectivity index (χ2n) is 6.05. The van der Waals surface area contributed by atoms with Gasteiger partial charge in [0.05, 0.1) is 29.7 Å². The van der Waals surface area contributed by atoms with Crippen molar-refractivity contribution in [2.24, 2.45) is 4.99 Å². The Morgan fingerprint density at radius 1 is 1.20 bits per heavy atom. The van der Waals surface area contributed by atoms with Gasteiger partial charge in [0.1, 0.15) is 11.3 Å². The Bertz CT molecular complexity index is 1150. The number of aliphatic imine (C=N–C) groups is 1. The minimum absolute atomic E-state index is 0.488. The van der Waals surface area contributed by atoms with Crippen molar-refractivity contribution in [2.75, 3.05) is 12.3 Å². The van der Waals surface area contributed by atoms with Crippen LogP contribution < -0.4 is 5.73 Å². The van der Waals surface area contributed by atoms with Crippen LogP contribution in [0.1, 0.15) is 0 Å². The molecule has 0 saturated carbocycles. The lowest BCUT2D eigenvalue weighted by atomic mass is 10.1. The number of aromatic amines is 1. The fourth-order valence-electron chi connectivity index (χ4n) is 3.17. The Balaban J connectivity index is 1.66. The summed E-state index contributed by atoms with van der Waals surface area (Å²) in [5.41, 5.74) is 10.9. The lowest BCUT2D eigenvalue weighted by Gasteiger charge is -2.03. The van der Waals surface area contributed by atoms with E-state index in [2.05, 4.69) is 26.2 Å². The molecule has 7 nitrogen and oxygen atoms in total. The van der Waals surface area contributed by atoms with Crippen LogP contribution in [0.2, 0.25) is 0 Å². The molecule has 0 bridgehead atoms. The van der Waals surface area contributed by atoms with E-state index in [0.717, 1.165) is 45.2 Å². The molecule has 4 heterocycles. The molecule has 0 radical (unpaired) electrons. The highest BCUT2D eigenvalue weighted by molar-refractivity contribution is 6.08. The van der Waals surface area contributed by atoms with Crippen LogP contribution in [0.15, 0.2) is 53.3 Å². The van der Waals surface area contributed by atoms with Crippen molar-refractivity contribution < 1.29 is 0 Å². The summed E-state index contributed by atoms with van der Waals surface area (Å²) in [5.74, 6) is 0.488. The zero-order valence-electron chi connectivity index (χ0n) is 13.3. The number of benzene rings is 1. The van der Waals surface area contributed by atoms with Crippen LogP contribution in [0, 0.1) is 0 Å². The molecule has 25 heavy (non-hydrogen) atoms. The van der Waals surface area contributed by atoms with E-state index in [9.17, 15) is 0 Å². The molecule has 3 aromatic heterocycles. The lowest BCUT2D eigenvalue weighted by Crippen LogP contribution is -2.01. The van der Waals surface area contributed by atoms with Gasteiger partial charge in [0.2, 0.25) is 0 Å². The number of anilines is 1. The summed E-state index contributed by atoms with van der Waals surface area (Å²) in [6.07, 6.45) is 7.74. The summed E-state index contributed by atoms with van der Waals surface area (Å²) in [4.78, 5) is 8.78. The van der Waals surface area contributed by atoms with Crippen LogP contribution in [-0.2, 0) is 6.54 Å². The van der Waals surface area contributed by atoms with Gasteiger partial charge in [-0.2, -0.15) is 10.2 Å². The molecule has 5 rings (SSSR count). The number of nitrogens with two attached hydrogens (primary N) is 1. The Morgan fingerprint density at radius 2 is 2.16 bits per heavy atom. The molecule has 3 N–H and O–H groups in total. The van der Waals surface area contributed by atoms with Crippen LogP contribution in [0.25, 0.3) is 33.1 Å². The van der Waals surface area contributed by atoms with Gasteiger partial charge in [-0.25, -0.2) is 4.98 Å². The second-order valence-corrected chi connectivity index (χ2v) is 6.05. The number of fused-ring (bicyclic) bond motifs is 3. The van der Waals surface area contributed by atoms with Gasteiger partial charge in [0, 0.05) is 29.6 Å². The summed E-state index contributed by atoms with van der Waals surface area (Å²) < 4.78 is 1.90. The number of pyridine rings is 1. The molecule has 1 aromatic carbocycles. The third kappa shape index (κ3) is 2.28. The number of aromatic nitrogens is 5. The third-order valence-corrected chi connectivity index (χ3v) is 4.39. The number of nitrogen functional groups attached to an aromatic ring is 1. The molecule has 4 aromatic rings. The Morgan fingerprint density at radius 3 is 2.96 bits per heavy atom. The van der Waals surface area contributed by atoms with Gasteiger partial charge in [-0.15, -0.1) is 0 Å². The molecule has 122 valence electrons. The van der Waals surface area contributed by atoms with Crippen LogP contribution in [0.3, 0.4) is 0 Å². The molecular formula is C18H15N7. The number of hydrogen-bond acceptors (Lipinski definition) is 5. The maximum absolute atomic E-state index is 6.19. The van der Waals surface area contributed by atoms with Crippen LogP contribution in [-0.4, -0.2) is 37.7 Å². The van der Waals surface area contributed by atoms with Crippen molar-refractivity contribution in [3.05, 3.63) is 48.3 Å². The molecule has 0 spiro atoms. The average molecular weight is 329 g/mol. The van der Waals surface area contributed by atoms with E-state index in [1.807, 2.05) is 41.4 Å². The number of rotatable bonds is 3. The number of allylic oxidation sites excluding steroid dienone is 1. The van der Waals surface area contributed by atoms with Gasteiger partial charge in [-0.05, 0) is 23.8 Å². The first-order valence-corrected chi connectivity index (χ1v) is 8.03. The molecule has 0 aliphatic carbocycles. The van der Waals surface area contributed by atoms with Gasteiger partial charge in [0.15, 0.2) is 0 Å². The highest BCUT2D eigenvalue weighted by Crippen LogP contribution is 2.29. The van der Waals surface area contributed by atoms with Crippen molar-refractivity contribution in [2.45, 2.75) is 6.54 Å². The molecular weight excluding hydrogens is 314 g/mol.